The van der Waals surface area contributed by atoms with Crippen molar-refractivity contribution in [3.8, 4) is 0 Å². The van der Waals surface area contributed by atoms with Crippen molar-refractivity contribution in [1.82, 2.24) is 15.3 Å². The molecule has 1 saturated heterocycles. The monoisotopic (exact) mass is 279 g/mol. The van der Waals surface area contributed by atoms with Gasteiger partial charge in [-0.3, -0.25) is 5.21 Å². The van der Waals surface area contributed by atoms with Crippen molar-refractivity contribution in [2.45, 2.75) is 6.61 Å². The molecule has 0 atom stereocenters. The van der Waals surface area contributed by atoms with Crippen LogP contribution in [0.3, 0.4) is 0 Å². The van der Waals surface area contributed by atoms with Gasteiger partial charge in [-0.15, -0.1) is 0 Å². The van der Waals surface area contributed by atoms with Crippen LogP contribution in [-0.2, 0) is 11.3 Å². The Hall–Kier alpha value is -2.28. The number of amides is 3. The Morgan fingerprint density at radius 1 is 1.10 bits per heavy atom. The standard InChI is InChI=1S/C13H17N3O4/c17-12(14-19)15-6-8-16(9-7-15)13(18)20-10-11-4-2-1-3-5-11/h1-5,19H,6-10H2,(H,14,17). The van der Waals surface area contributed by atoms with Gasteiger partial charge in [-0.1, -0.05) is 30.3 Å². The van der Waals surface area contributed by atoms with Crippen molar-refractivity contribution in [2.24, 2.45) is 0 Å². The maximum Gasteiger partial charge on any atom is 0.410 e. The van der Waals surface area contributed by atoms with E-state index in [1.54, 1.807) is 10.4 Å². The number of hydrogen-bond acceptors (Lipinski definition) is 4. The molecule has 1 heterocycles. The van der Waals surface area contributed by atoms with Gasteiger partial charge in [0.25, 0.3) is 0 Å². The fourth-order valence-corrected chi connectivity index (χ4v) is 1.97. The molecule has 0 spiro atoms. The minimum atomic E-state index is -0.553. The molecule has 108 valence electrons. The zero-order valence-corrected chi connectivity index (χ0v) is 11.0. The molecule has 0 aliphatic carbocycles. The summed E-state index contributed by atoms with van der Waals surface area (Å²) in [7, 11) is 0. The van der Waals surface area contributed by atoms with Crippen LogP contribution >= 0.6 is 0 Å². The first-order valence-corrected chi connectivity index (χ1v) is 6.35. The number of carbonyl (C=O) groups excluding carboxylic acids is 2. The van der Waals surface area contributed by atoms with Gasteiger partial charge in [0.1, 0.15) is 6.61 Å². The number of urea groups is 1. The molecule has 0 radical (unpaired) electrons. The largest absolute Gasteiger partial charge is 0.445 e. The van der Waals surface area contributed by atoms with Gasteiger partial charge in [-0.05, 0) is 5.56 Å². The first-order valence-electron chi connectivity index (χ1n) is 6.35. The lowest BCUT2D eigenvalue weighted by Gasteiger charge is -2.33. The van der Waals surface area contributed by atoms with E-state index in [1.807, 2.05) is 30.3 Å². The maximum atomic E-state index is 11.9. The number of nitrogens with zero attached hydrogens (tertiary/aromatic N) is 2. The van der Waals surface area contributed by atoms with E-state index in [0.717, 1.165) is 5.56 Å². The third-order valence-corrected chi connectivity index (χ3v) is 3.13. The molecule has 20 heavy (non-hydrogen) atoms. The molecule has 0 bridgehead atoms. The lowest BCUT2D eigenvalue weighted by atomic mass is 10.2. The lowest BCUT2D eigenvalue weighted by Crippen LogP contribution is -2.52. The van der Waals surface area contributed by atoms with Crippen LogP contribution in [0.1, 0.15) is 5.56 Å². The predicted octanol–water partition coefficient (Wildman–Crippen LogP) is 1.04. The zero-order valence-electron chi connectivity index (χ0n) is 11.0. The van der Waals surface area contributed by atoms with Gasteiger partial charge in [0.2, 0.25) is 0 Å². The van der Waals surface area contributed by atoms with E-state index in [9.17, 15) is 9.59 Å². The molecule has 1 aromatic rings. The summed E-state index contributed by atoms with van der Waals surface area (Å²) in [5.74, 6) is 0. The number of ether oxygens (including phenoxy) is 1. The van der Waals surface area contributed by atoms with Crippen LogP contribution in [0.15, 0.2) is 30.3 Å². The van der Waals surface area contributed by atoms with Crippen molar-refractivity contribution in [3.05, 3.63) is 35.9 Å². The van der Waals surface area contributed by atoms with E-state index >= 15 is 0 Å². The summed E-state index contributed by atoms with van der Waals surface area (Å²) in [6.45, 7) is 1.75. The molecule has 1 aromatic carbocycles. The Morgan fingerprint density at radius 3 is 2.30 bits per heavy atom. The number of hydrogen-bond donors (Lipinski definition) is 2. The molecular weight excluding hydrogens is 262 g/mol. The topological polar surface area (TPSA) is 82.1 Å². The third kappa shape index (κ3) is 3.61. The number of hydroxylamine groups is 1. The third-order valence-electron chi connectivity index (χ3n) is 3.13. The molecule has 2 N–H and O–H groups in total. The van der Waals surface area contributed by atoms with Gasteiger partial charge >= 0.3 is 12.1 Å². The fraction of sp³-hybridized carbons (Fsp3) is 0.385. The van der Waals surface area contributed by atoms with Gasteiger partial charge in [0.15, 0.2) is 0 Å². The second-order valence-electron chi connectivity index (χ2n) is 4.43. The van der Waals surface area contributed by atoms with E-state index in [2.05, 4.69) is 0 Å². The number of nitrogens with one attached hydrogen (secondary N) is 1. The first kappa shape index (κ1) is 14.1. The molecule has 3 amide bonds. The minimum Gasteiger partial charge on any atom is -0.445 e. The highest BCUT2D eigenvalue weighted by Crippen LogP contribution is 2.07. The molecule has 2 rings (SSSR count). The summed E-state index contributed by atoms with van der Waals surface area (Å²) < 4.78 is 5.21. The predicted molar refractivity (Wildman–Crippen MR) is 70.1 cm³/mol. The summed E-state index contributed by atoms with van der Waals surface area (Å²) in [4.78, 5) is 26.0. The molecule has 0 aromatic heterocycles. The summed E-state index contributed by atoms with van der Waals surface area (Å²) in [6, 6.07) is 8.89. The number of rotatable bonds is 2. The Bertz CT molecular complexity index is 458. The van der Waals surface area contributed by atoms with Gasteiger partial charge in [-0.25, -0.2) is 15.1 Å². The maximum absolute atomic E-state index is 11.9. The van der Waals surface area contributed by atoms with Crippen LogP contribution < -0.4 is 5.48 Å². The summed E-state index contributed by atoms with van der Waals surface area (Å²) >= 11 is 0. The highest BCUT2D eigenvalue weighted by Gasteiger charge is 2.24. The average Bonchev–Trinajstić information content (AvgIpc) is 2.53. The second-order valence-corrected chi connectivity index (χ2v) is 4.43. The highest BCUT2D eigenvalue weighted by molar-refractivity contribution is 5.73. The number of piperazine rings is 1. The molecule has 1 aliphatic rings. The first-order chi connectivity index (χ1) is 9.70. The lowest BCUT2D eigenvalue weighted by molar-refractivity contribution is 0.0698. The van der Waals surface area contributed by atoms with E-state index in [4.69, 9.17) is 9.94 Å². The van der Waals surface area contributed by atoms with Crippen LogP contribution in [0.2, 0.25) is 0 Å². The molecule has 0 saturated carbocycles. The van der Waals surface area contributed by atoms with E-state index in [1.165, 1.54) is 4.90 Å². The van der Waals surface area contributed by atoms with Gasteiger partial charge in [-0.2, -0.15) is 0 Å². The highest BCUT2D eigenvalue weighted by atomic mass is 16.6. The Kier molecular flexibility index (Phi) is 4.78. The van der Waals surface area contributed by atoms with Crippen molar-refractivity contribution < 1.29 is 19.5 Å². The molecule has 7 nitrogen and oxygen atoms in total. The number of carbonyl (C=O) groups is 2. The van der Waals surface area contributed by atoms with Crippen LogP contribution in [0.25, 0.3) is 0 Å². The Morgan fingerprint density at radius 2 is 1.70 bits per heavy atom. The summed E-state index contributed by atoms with van der Waals surface area (Å²) in [5.41, 5.74) is 2.51. The van der Waals surface area contributed by atoms with Crippen molar-refractivity contribution >= 4 is 12.1 Å². The summed E-state index contributed by atoms with van der Waals surface area (Å²) in [5, 5.41) is 8.53. The molecule has 0 unspecified atom stereocenters. The Labute approximate surface area is 116 Å². The molecule has 1 aliphatic heterocycles. The molecule has 7 heteroatoms. The van der Waals surface area contributed by atoms with Crippen LogP contribution in [0, 0.1) is 0 Å². The van der Waals surface area contributed by atoms with Crippen LogP contribution in [0.4, 0.5) is 9.59 Å². The van der Waals surface area contributed by atoms with Crippen molar-refractivity contribution in [2.75, 3.05) is 26.2 Å². The average molecular weight is 279 g/mol. The van der Waals surface area contributed by atoms with Crippen molar-refractivity contribution in [1.29, 1.82) is 0 Å². The molecular formula is C13H17N3O4. The van der Waals surface area contributed by atoms with Crippen LogP contribution in [-0.4, -0.2) is 53.3 Å². The smallest absolute Gasteiger partial charge is 0.410 e. The van der Waals surface area contributed by atoms with Gasteiger partial charge < -0.3 is 14.5 Å². The second kappa shape index (κ2) is 6.76. The normalized spacial score (nSPS) is 14.8. The van der Waals surface area contributed by atoms with E-state index < -0.39 is 12.1 Å². The molecule has 1 fully saturated rings. The number of benzene rings is 1. The zero-order chi connectivity index (χ0) is 14.4. The quantitative estimate of drug-likeness (QED) is 0.626. The van der Waals surface area contributed by atoms with Gasteiger partial charge in [0.05, 0.1) is 0 Å². The van der Waals surface area contributed by atoms with Crippen molar-refractivity contribution in [3.63, 3.8) is 0 Å². The van der Waals surface area contributed by atoms with E-state index in [0.29, 0.717) is 26.2 Å². The van der Waals surface area contributed by atoms with Gasteiger partial charge in [0, 0.05) is 26.2 Å². The fourth-order valence-electron chi connectivity index (χ4n) is 1.97. The SMILES string of the molecule is O=C(NO)N1CCN(C(=O)OCc2ccccc2)CC1. The minimum absolute atomic E-state index is 0.233. The Balaban J connectivity index is 1.76. The van der Waals surface area contributed by atoms with E-state index in [-0.39, 0.29) is 6.61 Å². The van der Waals surface area contributed by atoms with Crippen LogP contribution in [0.5, 0.6) is 0 Å². The summed E-state index contributed by atoms with van der Waals surface area (Å²) in [6.07, 6.45) is -0.391.